The molecule has 0 aliphatic rings. The van der Waals surface area contributed by atoms with Gasteiger partial charge in [-0.3, -0.25) is 9.59 Å². The van der Waals surface area contributed by atoms with Crippen molar-refractivity contribution in [3.05, 3.63) is 34.9 Å². The van der Waals surface area contributed by atoms with E-state index >= 15 is 0 Å². The summed E-state index contributed by atoms with van der Waals surface area (Å²) in [5.41, 5.74) is 0.163. The summed E-state index contributed by atoms with van der Waals surface area (Å²) in [6, 6.07) is 5.18. The number of benzene rings is 1. The number of likely N-dealkylation sites (N-methyl/N-ethyl adjacent to an activating group) is 1. The normalized spacial score (nSPS) is 12.8. The SMILES string of the molecule is CCN(CC(F)(F)F)C(=O)C(NC(=O)c1ccccc1Cl)C(C)C. The summed E-state index contributed by atoms with van der Waals surface area (Å²) in [5, 5.41) is 2.69. The van der Waals surface area contributed by atoms with Crippen LogP contribution in [0.2, 0.25) is 5.02 Å². The van der Waals surface area contributed by atoms with Gasteiger partial charge >= 0.3 is 6.18 Å². The summed E-state index contributed by atoms with van der Waals surface area (Å²) >= 11 is 5.93. The van der Waals surface area contributed by atoms with Crippen LogP contribution < -0.4 is 5.32 Å². The van der Waals surface area contributed by atoms with Crippen LogP contribution in [0.25, 0.3) is 0 Å². The van der Waals surface area contributed by atoms with Gasteiger partial charge in [-0.2, -0.15) is 13.2 Å². The monoisotopic (exact) mass is 364 g/mol. The van der Waals surface area contributed by atoms with E-state index in [2.05, 4.69) is 5.32 Å². The average Bonchev–Trinajstić information content (AvgIpc) is 2.48. The van der Waals surface area contributed by atoms with Gasteiger partial charge in [0.05, 0.1) is 10.6 Å². The van der Waals surface area contributed by atoms with Crippen LogP contribution in [0.1, 0.15) is 31.1 Å². The first kappa shape index (κ1) is 20.3. The summed E-state index contributed by atoms with van der Waals surface area (Å²) in [4.78, 5) is 25.4. The number of amides is 2. The van der Waals surface area contributed by atoms with Gasteiger partial charge in [-0.15, -0.1) is 0 Å². The van der Waals surface area contributed by atoms with E-state index < -0.39 is 30.6 Å². The van der Waals surface area contributed by atoms with Gasteiger partial charge in [0.15, 0.2) is 0 Å². The maximum absolute atomic E-state index is 12.6. The third kappa shape index (κ3) is 5.70. The molecule has 0 aliphatic heterocycles. The van der Waals surface area contributed by atoms with Gasteiger partial charge < -0.3 is 10.2 Å². The molecule has 1 N–H and O–H groups in total. The van der Waals surface area contributed by atoms with E-state index in [1.807, 2.05) is 0 Å². The molecule has 0 saturated heterocycles. The van der Waals surface area contributed by atoms with Crippen molar-refractivity contribution in [1.82, 2.24) is 10.2 Å². The topological polar surface area (TPSA) is 49.4 Å². The number of hydrogen-bond donors (Lipinski definition) is 1. The van der Waals surface area contributed by atoms with Crippen molar-refractivity contribution in [2.24, 2.45) is 5.92 Å². The fraction of sp³-hybridized carbons (Fsp3) is 0.500. The molecular formula is C16H20ClF3N2O2. The van der Waals surface area contributed by atoms with E-state index in [0.29, 0.717) is 4.90 Å². The van der Waals surface area contributed by atoms with Crippen molar-refractivity contribution < 1.29 is 22.8 Å². The van der Waals surface area contributed by atoms with Gasteiger partial charge in [0.2, 0.25) is 5.91 Å². The van der Waals surface area contributed by atoms with Crippen molar-refractivity contribution in [2.75, 3.05) is 13.1 Å². The number of nitrogens with one attached hydrogen (secondary N) is 1. The molecule has 0 aliphatic carbocycles. The third-order valence-corrected chi connectivity index (χ3v) is 3.73. The Bertz CT molecular complexity index is 591. The van der Waals surface area contributed by atoms with Gasteiger partial charge in [-0.05, 0) is 25.0 Å². The lowest BCUT2D eigenvalue weighted by Gasteiger charge is -2.29. The van der Waals surface area contributed by atoms with Crippen LogP contribution in [0, 0.1) is 5.92 Å². The van der Waals surface area contributed by atoms with E-state index in [1.165, 1.54) is 19.1 Å². The van der Waals surface area contributed by atoms with Gasteiger partial charge in [0, 0.05) is 6.54 Å². The van der Waals surface area contributed by atoms with E-state index in [4.69, 9.17) is 11.6 Å². The van der Waals surface area contributed by atoms with Crippen molar-refractivity contribution >= 4 is 23.4 Å². The highest BCUT2D eigenvalue weighted by atomic mass is 35.5. The Kier molecular flexibility index (Phi) is 7.08. The molecule has 0 bridgehead atoms. The minimum Gasteiger partial charge on any atom is -0.340 e. The second-order valence-electron chi connectivity index (χ2n) is 5.64. The number of carbonyl (C=O) groups excluding carboxylic acids is 2. The zero-order valence-electron chi connectivity index (χ0n) is 13.7. The fourth-order valence-corrected chi connectivity index (χ4v) is 2.36. The van der Waals surface area contributed by atoms with Crippen molar-refractivity contribution in [3.63, 3.8) is 0 Å². The molecule has 0 spiro atoms. The summed E-state index contributed by atoms with van der Waals surface area (Å²) in [6.45, 7) is 3.29. The highest BCUT2D eigenvalue weighted by molar-refractivity contribution is 6.33. The highest BCUT2D eigenvalue weighted by Crippen LogP contribution is 2.19. The Morgan fingerprint density at radius 3 is 2.29 bits per heavy atom. The Morgan fingerprint density at radius 2 is 1.83 bits per heavy atom. The molecule has 134 valence electrons. The molecule has 1 aromatic rings. The van der Waals surface area contributed by atoms with Gasteiger partial charge in [0.25, 0.3) is 5.91 Å². The number of nitrogens with zero attached hydrogens (tertiary/aromatic N) is 1. The second kappa shape index (κ2) is 8.37. The molecule has 0 fully saturated rings. The number of carbonyl (C=O) groups is 2. The number of halogens is 4. The predicted octanol–water partition coefficient (Wildman–Crippen LogP) is 3.51. The van der Waals surface area contributed by atoms with E-state index in [9.17, 15) is 22.8 Å². The fourth-order valence-electron chi connectivity index (χ4n) is 2.14. The zero-order valence-corrected chi connectivity index (χ0v) is 14.4. The van der Waals surface area contributed by atoms with Gasteiger partial charge in [0.1, 0.15) is 12.6 Å². The maximum Gasteiger partial charge on any atom is 0.406 e. The predicted molar refractivity (Wildman–Crippen MR) is 85.9 cm³/mol. The molecule has 0 radical (unpaired) electrons. The molecule has 0 aromatic heterocycles. The molecule has 1 rings (SSSR count). The average molecular weight is 365 g/mol. The number of rotatable bonds is 6. The van der Waals surface area contributed by atoms with E-state index in [-0.39, 0.29) is 23.0 Å². The highest BCUT2D eigenvalue weighted by Gasteiger charge is 2.36. The third-order valence-electron chi connectivity index (χ3n) is 3.40. The Morgan fingerprint density at radius 1 is 1.25 bits per heavy atom. The molecule has 1 atom stereocenters. The molecule has 0 saturated carbocycles. The molecule has 0 heterocycles. The van der Waals surface area contributed by atoms with Crippen LogP contribution >= 0.6 is 11.6 Å². The molecule has 4 nitrogen and oxygen atoms in total. The van der Waals surface area contributed by atoms with Crippen molar-refractivity contribution in [2.45, 2.75) is 33.0 Å². The van der Waals surface area contributed by atoms with Crippen LogP contribution in [0.3, 0.4) is 0 Å². The molecule has 8 heteroatoms. The van der Waals surface area contributed by atoms with Gasteiger partial charge in [-0.1, -0.05) is 37.6 Å². The Hall–Kier alpha value is -1.76. The van der Waals surface area contributed by atoms with Crippen LogP contribution in [0.15, 0.2) is 24.3 Å². The number of hydrogen-bond acceptors (Lipinski definition) is 2. The standard InChI is InChI=1S/C16H20ClF3N2O2/c1-4-22(9-16(18,19)20)15(24)13(10(2)3)21-14(23)11-7-5-6-8-12(11)17/h5-8,10,13H,4,9H2,1-3H3,(H,21,23). The lowest BCUT2D eigenvalue weighted by atomic mass is 10.0. The molecule has 2 amide bonds. The molecule has 24 heavy (non-hydrogen) atoms. The lowest BCUT2D eigenvalue weighted by Crippen LogP contribution is -2.53. The summed E-state index contributed by atoms with van der Waals surface area (Å²) < 4.78 is 37.8. The molecular weight excluding hydrogens is 345 g/mol. The van der Waals surface area contributed by atoms with Crippen LogP contribution in [-0.4, -0.2) is 42.0 Å². The second-order valence-corrected chi connectivity index (χ2v) is 6.05. The van der Waals surface area contributed by atoms with Crippen molar-refractivity contribution in [3.8, 4) is 0 Å². The minimum absolute atomic E-state index is 0.108. The quantitative estimate of drug-likeness (QED) is 0.839. The summed E-state index contributed by atoms with van der Waals surface area (Å²) in [6.07, 6.45) is -4.50. The zero-order chi connectivity index (χ0) is 18.5. The van der Waals surface area contributed by atoms with Crippen LogP contribution in [-0.2, 0) is 4.79 Å². The van der Waals surface area contributed by atoms with Crippen molar-refractivity contribution in [1.29, 1.82) is 0 Å². The first-order chi connectivity index (χ1) is 11.1. The van der Waals surface area contributed by atoms with E-state index in [0.717, 1.165) is 0 Å². The summed E-state index contributed by atoms with van der Waals surface area (Å²) in [5.74, 6) is -1.76. The lowest BCUT2D eigenvalue weighted by molar-refractivity contribution is -0.162. The first-order valence-corrected chi connectivity index (χ1v) is 7.85. The first-order valence-electron chi connectivity index (χ1n) is 7.47. The number of alkyl halides is 3. The smallest absolute Gasteiger partial charge is 0.340 e. The Balaban J connectivity index is 2.96. The maximum atomic E-state index is 12.6. The molecule has 1 aromatic carbocycles. The van der Waals surface area contributed by atoms with Gasteiger partial charge in [-0.25, -0.2) is 0 Å². The van der Waals surface area contributed by atoms with E-state index in [1.54, 1.807) is 26.0 Å². The molecule has 1 unspecified atom stereocenters. The van der Waals surface area contributed by atoms with Crippen LogP contribution in [0.5, 0.6) is 0 Å². The summed E-state index contributed by atoms with van der Waals surface area (Å²) in [7, 11) is 0. The Labute approximate surface area is 144 Å². The van der Waals surface area contributed by atoms with Crippen LogP contribution in [0.4, 0.5) is 13.2 Å². The largest absolute Gasteiger partial charge is 0.406 e. The minimum atomic E-state index is -4.50.